The molecule has 2 aromatic carbocycles. The smallest absolute Gasteiger partial charge is 0.323 e. The maximum absolute atomic E-state index is 13.2. The molecule has 0 unspecified atom stereocenters. The number of methoxy groups -OCH3 is 1. The van der Waals surface area contributed by atoms with E-state index in [0.29, 0.717) is 22.9 Å². The molecular weight excluding hydrogens is 490 g/mol. The molecule has 2 N–H and O–H groups in total. The fourth-order valence-corrected chi connectivity index (χ4v) is 4.84. The first kappa shape index (κ1) is 30.3. The Morgan fingerprint density at radius 2 is 1.57 bits per heavy atom. The summed E-state index contributed by atoms with van der Waals surface area (Å²) in [6.45, 7) is 7.68. The number of benzene rings is 2. The molecule has 0 saturated heterocycles. The van der Waals surface area contributed by atoms with Crippen LogP contribution in [0.1, 0.15) is 83.3 Å². The lowest BCUT2D eigenvalue weighted by Gasteiger charge is -2.30. The quantitative estimate of drug-likeness (QED) is 0.229. The van der Waals surface area contributed by atoms with Crippen molar-refractivity contribution in [2.45, 2.75) is 77.6 Å². The van der Waals surface area contributed by atoms with Crippen LogP contribution in [0.25, 0.3) is 0 Å². The minimum Gasteiger partial charge on any atom is -0.495 e. The van der Waals surface area contributed by atoms with E-state index in [1.165, 1.54) is 19.8 Å². The predicted octanol–water partition coefficient (Wildman–Crippen LogP) is 7.49. The number of amides is 2. The van der Waals surface area contributed by atoms with E-state index in [9.17, 15) is 9.59 Å². The highest BCUT2D eigenvalue weighted by atomic mass is 35.5. The van der Waals surface area contributed by atoms with Crippen molar-refractivity contribution in [3.05, 3.63) is 41.5 Å². The summed E-state index contributed by atoms with van der Waals surface area (Å²) in [5, 5.41) is 5.97. The van der Waals surface area contributed by atoms with E-state index < -0.39 is 0 Å². The third-order valence-corrected chi connectivity index (χ3v) is 6.70. The van der Waals surface area contributed by atoms with Gasteiger partial charge in [0.25, 0.3) is 0 Å². The second kappa shape index (κ2) is 13.0. The van der Waals surface area contributed by atoms with Crippen LogP contribution in [0.2, 0.25) is 0 Å². The number of rotatable bonds is 6. The summed E-state index contributed by atoms with van der Waals surface area (Å²) in [6, 6.07) is 9.14. The van der Waals surface area contributed by atoms with Crippen molar-refractivity contribution in [3.63, 3.8) is 0 Å². The number of hydrogen-bond acceptors (Lipinski definition) is 5. The fraction of sp³-hybridized carbons (Fsp3) is 0.517. The Morgan fingerprint density at radius 1 is 0.973 bits per heavy atom. The molecule has 2 aromatic rings. The molecule has 0 heterocycles. The normalized spacial score (nSPS) is 14.1. The number of carbonyl (C=O) groups excluding carboxylic acids is 2. The van der Waals surface area contributed by atoms with Gasteiger partial charge in [0.05, 0.1) is 12.8 Å². The number of hydrogen-bond donors (Lipinski definition) is 2. The minimum absolute atomic E-state index is 0. The van der Waals surface area contributed by atoms with Crippen molar-refractivity contribution < 1.29 is 19.1 Å². The highest BCUT2D eigenvalue weighted by Crippen LogP contribution is 2.49. The summed E-state index contributed by atoms with van der Waals surface area (Å²) in [5.74, 6) is 0.881. The van der Waals surface area contributed by atoms with Gasteiger partial charge in [0.15, 0.2) is 0 Å². The number of urea groups is 1. The standard InChI is InChI=1S/C29H41N3O4.ClH/c1-19(33)36-27-23(29(2,3)4)18-24(35-7)26(25(27)20-12-10-8-9-11-13-20)31-28(34)30-21-14-16-22(17-15-21)32(5)6;/h14-18,20H,8-13H2,1-7H3,(H2,30,31,34);1H. The van der Waals surface area contributed by atoms with Crippen LogP contribution in [0.15, 0.2) is 30.3 Å². The van der Waals surface area contributed by atoms with Gasteiger partial charge in [-0.05, 0) is 54.5 Å². The van der Waals surface area contributed by atoms with Crippen molar-refractivity contribution in [1.29, 1.82) is 0 Å². The topological polar surface area (TPSA) is 79.9 Å². The van der Waals surface area contributed by atoms with Crippen molar-refractivity contribution in [1.82, 2.24) is 0 Å². The summed E-state index contributed by atoms with van der Waals surface area (Å²) in [7, 11) is 5.55. The maximum Gasteiger partial charge on any atom is 0.323 e. The number of nitrogens with zero attached hydrogens (tertiary/aromatic N) is 1. The molecule has 1 fully saturated rings. The Bertz CT molecular complexity index is 1070. The van der Waals surface area contributed by atoms with Crippen LogP contribution in [0.3, 0.4) is 0 Å². The zero-order chi connectivity index (χ0) is 26.5. The van der Waals surface area contributed by atoms with Gasteiger partial charge in [-0.2, -0.15) is 0 Å². The van der Waals surface area contributed by atoms with Crippen molar-refractivity contribution in [3.8, 4) is 11.5 Å². The van der Waals surface area contributed by atoms with Gasteiger partial charge in [-0.15, -0.1) is 12.4 Å². The second-order valence-electron chi connectivity index (χ2n) is 10.8. The molecule has 0 radical (unpaired) electrons. The van der Waals surface area contributed by atoms with Gasteiger partial charge in [0.1, 0.15) is 11.5 Å². The lowest BCUT2D eigenvalue weighted by molar-refractivity contribution is -0.132. The molecule has 8 heteroatoms. The molecular formula is C29H42ClN3O4. The average Bonchev–Trinajstić information content (AvgIpc) is 3.08. The summed E-state index contributed by atoms with van der Waals surface area (Å²) >= 11 is 0. The Morgan fingerprint density at radius 3 is 2.05 bits per heavy atom. The minimum atomic E-state index is -0.378. The number of esters is 1. The maximum atomic E-state index is 13.2. The van der Waals surface area contributed by atoms with Gasteiger partial charge in [-0.25, -0.2) is 4.79 Å². The number of nitrogens with one attached hydrogen (secondary N) is 2. The number of ether oxygens (including phenoxy) is 2. The summed E-state index contributed by atoms with van der Waals surface area (Å²) < 4.78 is 11.7. The van der Waals surface area contributed by atoms with Crippen LogP contribution >= 0.6 is 12.4 Å². The van der Waals surface area contributed by atoms with E-state index in [1.54, 1.807) is 7.11 Å². The highest BCUT2D eigenvalue weighted by molar-refractivity contribution is 6.02. The van der Waals surface area contributed by atoms with Crippen LogP contribution < -0.4 is 25.0 Å². The first-order valence-electron chi connectivity index (χ1n) is 12.8. The van der Waals surface area contributed by atoms with Gasteiger partial charge in [-0.3, -0.25) is 4.79 Å². The zero-order valence-electron chi connectivity index (χ0n) is 23.2. The number of anilines is 3. The molecule has 0 bridgehead atoms. The molecule has 0 atom stereocenters. The molecule has 204 valence electrons. The van der Waals surface area contributed by atoms with E-state index in [1.807, 2.05) is 49.3 Å². The molecule has 37 heavy (non-hydrogen) atoms. The first-order chi connectivity index (χ1) is 17.0. The predicted molar refractivity (Wildman–Crippen MR) is 154 cm³/mol. The number of carbonyl (C=O) groups is 2. The zero-order valence-corrected chi connectivity index (χ0v) is 24.0. The monoisotopic (exact) mass is 531 g/mol. The summed E-state index contributed by atoms with van der Waals surface area (Å²) in [5.41, 5.74) is 3.73. The van der Waals surface area contributed by atoms with E-state index in [-0.39, 0.29) is 35.7 Å². The fourth-order valence-electron chi connectivity index (χ4n) is 4.84. The van der Waals surface area contributed by atoms with E-state index in [0.717, 1.165) is 42.5 Å². The van der Waals surface area contributed by atoms with Crippen molar-refractivity contribution in [2.24, 2.45) is 0 Å². The lowest BCUT2D eigenvalue weighted by Crippen LogP contribution is -2.24. The molecule has 0 aliphatic heterocycles. The molecule has 2 amide bonds. The largest absolute Gasteiger partial charge is 0.495 e. The average molecular weight is 532 g/mol. The molecule has 7 nitrogen and oxygen atoms in total. The van der Waals surface area contributed by atoms with Gasteiger partial charge in [-0.1, -0.05) is 46.5 Å². The van der Waals surface area contributed by atoms with Crippen LogP contribution in [-0.4, -0.2) is 33.2 Å². The Balaban J connectivity index is 0.00000481. The third kappa shape index (κ3) is 7.78. The molecule has 0 spiro atoms. The SMILES string of the molecule is COc1cc(C(C)(C)C)c(OC(C)=O)c(C2CCCCCC2)c1NC(=O)Nc1ccc(N(C)C)cc1.Cl. The summed E-state index contributed by atoms with van der Waals surface area (Å²) in [4.78, 5) is 27.4. The Hall–Kier alpha value is -2.93. The van der Waals surface area contributed by atoms with Crippen LogP contribution in [-0.2, 0) is 10.2 Å². The Kier molecular flexibility index (Phi) is 10.7. The van der Waals surface area contributed by atoms with E-state index in [4.69, 9.17) is 9.47 Å². The van der Waals surface area contributed by atoms with Crippen LogP contribution in [0.5, 0.6) is 11.5 Å². The van der Waals surface area contributed by atoms with Gasteiger partial charge < -0.3 is 25.0 Å². The second-order valence-corrected chi connectivity index (χ2v) is 10.8. The van der Waals surface area contributed by atoms with E-state index in [2.05, 4.69) is 31.4 Å². The van der Waals surface area contributed by atoms with Crippen molar-refractivity contribution >= 4 is 41.5 Å². The van der Waals surface area contributed by atoms with Gasteiger partial charge in [0.2, 0.25) is 0 Å². The van der Waals surface area contributed by atoms with Crippen LogP contribution in [0.4, 0.5) is 21.9 Å². The number of halogens is 1. The van der Waals surface area contributed by atoms with E-state index >= 15 is 0 Å². The van der Waals surface area contributed by atoms with Gasteiger partial charge in [0, 0.05) is 43.5 Å². The van der Waals surface area contributed by atoms with Gasteiger partial charge >= 0.3 is 12.0 Å². The third-order valence-electron chi connectivity index (χ3n) is 6.70. The molecule has 1 aliphatic carbocycles. The molecule has 1 aliphatic rings. The summed E-state index contributed by atoms with van der Waals surface area (Å²) in [6.07, 6.45) is 6.48. The highest BCUT2D eigenvalue weighted by Gasteiger charge is 2.32. The Labute approximate surface area is 227 Å². The van der Waals surface area contributed by atoms with Crippen molar-refractivity contribution in [2.75, 3.05) is 36.7 Å². The van der Waals surface area contributed by atoms with Crippen LogP contribution in [0, 0.1) is 0 Å². The first-order valence-corrected chi connectivity index (χ1v) is 12.8. The molecule has 1 saturated carbocycles. The molecule has 0 aromatic heterocycles. The lowest BCUT2D eigenvalue weighted by atomic mass is 9.80. The molecule has 3 rings (SSSR count).